The molecule has 2 heterocycles. The zero-order valence-corrected chi connectivity index (χ0v) is 13.2. The second-order valence-corrected chi connectivity index (χ2v) is 5.88. The fourth-order valence-electron chi connectivity index (χ4n) is 2.16. The Morgan fingerprint density at radius 2 is 2.33 bits per heavy atom. The van der Waals surface area contributed by atoms with Gasteiger partial charge in [-0.2, -0.15) is 0 Å². The van der Waals surface area contributed by atoms with Gasteiger partial charge in [-0.05, 0) is 47.4 Å². The fourth-order valence-corrected chi connectivity index (χ4v) is 2.74. The molecule has 1 aromatic carbocycles. The van der Waals surface area contributed by atoms with Crippen molar-refractivity contribution in [1.29, 1.82) is 0 Å². The van der Waals surface area contributed by atoms with Crippen LogP contribution in [0.2, 0.25) is 5.02 Å². The highest BCUT2D eigenvalue weighted by Crippen LogP contribution is 2.27. The summed E-state index contributed by atoms with van der Waals surface area (Å²) in [5.41, 5.74) is 0.338. The highest BCUT2D eigenvalue weighted by Gasteiger charge is 2.23. The first-order valence-corrected chi connectivity index (χ1v) is 7.64. The summed E-state index contributed by atoms with van der Waals surface area (Å²) in [7, 11) is 0. The zero-order valence-electron chi connectivity index (χ0n) is 10.9. The van der Waals surface area contributed by atoms with Crippen LogP contribution in [0.3, 0.4) is 0 Å². The third kappa shape index (κ3) is 3.09. The van der Waals surface area contributed by atoms with Crippen molar-refractivity contribution in [1.82, 2.24) is 15.5 Å². The Balaban J connectivity index is 1.74. The Kier molecular flexibility index (Phi) is 4.23. The maximum atomic E-state index is 12.2. The van der Waals surface area contributed by atoms with Gasteiger partial charge in [0.15, 0.2) is 0 Å². The molecule has 1 unspecified atom stereocenters. The number of carbonyl (C=O) groups excluding carboxylic acids is 1. The van der Waals surface area contributed by atoms with Crippen LogP contribution in [0.4, 0.5) is 6.01 Å². The number of nitrogens with zero attached hydrogens (tertiary/aromatic N) is 2. The van der Waals surface area contributed by atoms with Crippen molar-refractivity contribution in [2.45, 2.75) is 18.9 Å². The van der Waals surface area contributed by atoms with Gasteiger partial charge >= 0.3 is 6.01 Å². The first-order chi connectivity index (χ1) is 10.1. The first kappa shape index (κ1) is 14.5. The average molecular weight is 372 g/mol. The maximum Gasteiger partial charge on any atom is 0.322 e. The Hall–Kier alpha value is -1.44. The van der Waals surface area contributed by atoms with E-state index in [9.17, 15) is 4.79 Å². The summed E-state index contributed by atoms with van der Waals surface area (Å²) in [5.74, 6) is 0.0963. The van der Waals surface area contributed by atoms with E-state index in [1.54, 1.807) is 18.2 Å². The van der Waals surface area contributed by atoms with Crippen molar-refractivity contribution in [3.8, 4) is 0 Å². The summed E-state index contributed by atoms with van der Waals surface area (Å²) in [6.07, 6.45) is 2.02. The summed E-state index contributed by atoms with van der Waals surface area (Å²) in [6, 6.07) is 5.25. The number of carbonyl (C=O) groups is 1. The van der Waals surface area contributed by atoms with Gasteiger partial charge < -0.3 is 9.73 Å². The van der Waals surface area contributed by atoms with Crippen molar-refractivity contribution in [2.75, 3.05) is 11.9 Å². The molecule has 1 atom stereocenters. The topological polar surface area (TPSA) is 80.0 Å². The van der Waals surface area contributed by atoms with Gasteiger partial charge in [0.05, 0.1) is 16.6 Å². The number of aromatic nitrogens is 2. The fraction of sp³-hybridized carbons (Fsp3) is 0.308. The maximum absolute atomic E-state index is 12.2. The molecule has 1 aromatic heterocycles. The summed E-state index contributed by atoms with van der Waals surface area (Å²) in [4.78, 5) is 12.2. The van der Waals surface area contributed by atoms with Crippen molar-refractivity contribution in [2.24, 2.45) is 0 Å². The molecule has 1 aliphatic rings. The van der Waals surface area contributed by atoms with Crippen molar-refractivity contribution < 1.29 is 9.21 Å². The lowest BCUT2D eigenvalue weighted by molar-refractivity contribution is 0.102. The predicted molar refractivity (Wildman–Crippen MR) is 81.4 cm³/mol. The molecular weight excluding hydrogens is 360 g/mol. The van der Waals surface area contributed by atoms with E-state index in [-0.39, 0.29) is 12.1 Å². The lowest BCUT2D eigenvalue weighted by atomic mass is 10.2. The molecule has 1 amide bonds. The number of halogens is 2. The quantitative estimate of drug-likeness (QED) is 0.866. The number of amides is 1. The molecule has 0 radical (unpaired) electrons. The minimum absolute atomic E-state index is 0.0672. The molecule has 110 valence electrons. The van der Waals surface area contributed by atoms with Gasteiger partial charge in [-0.3, -0.25) is 10.1 Å². The van der Waals surface area contributed by atoms with E-state index < -0.39 is 5.91 Å². The largest absolute Gasteiger partial charge is 0.406 e. The summed E-state index contributed by atoms with van der Waals surface area (Å²) in [5, 5.41) is 13.9. The van der Waals surface area contributed by atoms with Gasteiger partial charge in [-0.15, -0.1) is 5.10 Å². The highest BCUT2D eigenvalue weighted by atomic mass is 79.9. The highest BCUT2D eigenvalue weighted by molar-refractivity contribution is 9.10. The van der Waals surface area contributed by atoms with Crippen molar-refractivity contribution in [3.05, 3.63) is 39.1 Å². The Labute approximate surface area is 134 Å². The van der Waals surface area contributed by atoms with Crippen LogP contribution in [0.25, 0.3) is 0 Å². The molecule has 2 N–H and O–H groups in total. The third-order valence-corrected chi connectivity index (χ3v) is 4.51. The van der Waals surface area contributed by atoms with Crippen LogP contribution in [0.1, 0.15) is 35.1 Å². The molecule has 0 aliphatic carbocycles. The number of hydrogen-bond donors (Lipinski definition) is 2. The summed E-state index contributed by atoms with van der Waals surface area (Å²) in [6.45, 7) is 0.933. The normalized spacial score (nSPS) is 17.9. The van der Waals surface area contributed by atoms with Crippen LogP contribution in [0, 0.1) is 0 Å². The standard InChI is InChI=1S/C13H12BrClN4O2/c14-8-4-1-3-7(10(8)15)11(20)17-13-19-18-12(21-13)9-5-2-6-16-9/h1,3-4,9,16H,2,5-6H2,(H,17,19,20). The lowest BCUT2D eigenvalue weighted by Gasteiger charge is -2.05. The summed E-state index contributed by atoms with van der Waals surface area (Å²) < 4.78 is 6.11. The molecule has 1 aliphatic heterocycles. The van der Waals surface area contributed by atoms with Gasteiger partial charge in [0.1, 0.15) is 0 Å². The van der Waals surface area contributed by atoms with Crippen LogP contribution in [-0.2, 0) is 0 Å². The number of hydrogen-bond acceptors (Lipinski definition) is 5. The van der Waals surface area contributed by atoms with E-state index in [2.05, 4.69) is 36.8 Å². The first-order valence-electron chi connectivity index (χ1n) is 6.47. The van der Waals surface area contributed by atoms with E-state index in [1.807, 2.05) is 0 Å². The van der Waals surface area contributed by atoms with E-state index in [0.29, 0.717) is 20.9 Å². The monoisotopic (exact) mass is 370 g/mol. The third-order valence-electron chi connectivity index (χ3n) is 3.22. The average Bonchev–Trinajstić information content (AvgIpc) is 3.12. The predicted octanol–water partition coefficient (Wildman–Crippen LogP) is 3.16. The Bertz CT molecular complexity index is 670. The molecule has 6 nitrogen and oxygen atoms in total. The molecule has 1 fully saturated rings. The van der Waals surface area contributed by atoms with Crippen LogP contribution in [0.15, 0.2) is 27.1 Å². The van der Waals surface area contributed by atoms with Crippen molar-refractivity contribution in [3.63, 3.8) is 0 Å². The van der Waals surface area contributed by atoms with Gasteiger partial charge in [0, 0.05) is 4.47 Å². The number of benzene rings is 1. The van der Waals surface area contributed by atoms with E-state index in [4.69, 9.17) is 16.0 Å². The van der Waals surface area contributed by atoms with E-state index in [0.717, 1.165) is 19.4 Å². The van der Waals surface area contributed by atoms with Crippen molar-refractivity contribution >= 4 is 39.5 Å². The molecule has 1 saturated heterocycles. The molecule has 0 saturated carbocycles. The van der Waals surface area contributed by atoms with Crippen LogP contribution in [0.5, 0.6) is 0 Å². The molecule has 2 aromatic rings. The molecule has 3 rings (SSSR count). The summed E-state index contributed by atoms with van der Waals surface area (Å²) >= 11 is 9.36. The van der Waals surface area contributed by atoms with Crippen LogP contribution < -0.4 is 10.6 Å². The van der Waals surface area contributed by atoms with Crippen LogP contribution in [-0.4, -0.2) is 22.6 Å². The minimum Gasteiger partial charge on any atom is -0.406 e. The van der Waals surface area contributed by atoms with Crippen LogP contribution >= 0.6 is 27.5 Å². The zero-order chi connectivity index (χ0) is 14.8. The minimum atomic E-state index is -0.393. The number of anilines is 1. The second-order valence-electron chi connectivity index (χ2n) is 4.65. The SMILES string of the molecule is O=C(Nc1nnc(C2CCCN2)o1)c1cccc(Br)c1Cl. The number of nitrogens with one attached hydrogen (secondary N) is 2. The van der Waals surface area contributed by atoms with Gasteiger partial charge in [0.25, 0.3) is 5.91 Å². The Morgan fingerprint density at radius 1 is 1.48 bits per heavy atom. The van der Waals surface area contributed by atoms with E-state index in [1.165, 1.54) is 0 Å². The van der Waals surface area contributed by atoms with E-state index >= 15 is 0 Å². The second kappa shape index (κ2) is 6.13. The lowest BCUT2D eigenvalue weighted by Crippen LogP contribution is -2.13. The molecule has 0 spiro atoms. The Morgan fingerprint density at radius 3 is 3.10 bits per heavy atom. The van der Waals surface area contributed by atoms with Gasteiger partial charge in [0.2, 0.25) is 5.89 Å². The molecule has 21 heavy (non-hydrogen) atoms. The van der Waals surface area contributed by atoms with Gasteiger partial charge in [-0.1, -0.05) is 22.8 Å². The molecule has 8 heteroatoms. The number of rotatable bonds is 3. The smallest absolute Gasteiger partial charge is 0.322 e. The van der Waals surface area contributed by atoms with Gasteiger partial charge in [-0.25, -0.2) is 0 Å². The molecular formula is C13H12BrClN4O2. The molecule has 0 bridgehead atoms.